The molecule has 0 saturated carbocycles. The standard InChI is InChI=1S/C10H16F3NO5/c1-18-4-2-3-7(9(16)17)14-8(15)5-19-6-10(11,12)13/h7H,2-6H2,1H3,(H,14,15)(H,16,17). The number of methoxy groups -OCH3 is 1. The van der Waals surface area contributed by atoms with E-state index < -0.39 is 37.3 Å². The number of ether oxygens (including phenoxy) is 2. The molecule has 0 bridgehead atoms. The van der Waals surface area contributed by atoms with Crippen LogP contribution in [0, 0.1) is 0 Å². The molecule has 0 rings (SSSR count). The molecule has 0 heterocycles. The van der Waals surface area contributed by atoms with Crippen molar-refractivity contribution in [3.05, 3.63) is 0 Å². The lowest BCUT2D eigenvalue weighted by molar-refractivity contribution is -0.176. The highest BCUT2D eigenvalue weighted by Crippen LogP contribution is 2.14. The number of halogens is 3. The number of carbonyl (C=O) groups is 2. The zero-order chi connectivity index (χ0) is 14.9. The van der Waals surface area contributed by atoms with E-state index in [0.29, 0.717) is 13.0 Å². The van der Waals surface area contributed by atoms with Gasteiger partial charge in [-0.1, -0.05) is 0 Å². The van der Waals surface area contributed by atoms with Crippen LogP contribution in [0.1, 0.15) is 12.8 Å². The van der Waals surface area contributed by atoms with Crippen molar-refractivity contribution in [1.82, 2.24) is 5.32 Å². The summed E-state index contributed by atoms with van der Waals surface area (Å²) < 4.78 is 44.0. The Bertz CT molecular complexity index is 295. The van der Waals surface area contributed by atoms with Gasteiger partial charge in [-0.15, -0.1) is 0 Å². The molecule has 0 aliphatic carbocycles. The molecular formula is C10H16F3NO5. The van der Waals surface area contributed by atoms with E-state index in [1.165, 1.54) is 7.11 Å². The van der Waals surface area contributed by atoms with Gasteiger partial charge in [0.1, 0.15) is 19.3 Å². The predicted molar refractivity (Wildman–Crippen MR) is 57.6 cm³/mol. The van der Waals surface area contributed by atoms with Gasteiger partial charge in [0.2, 0.25) is 5.91 Å². The van der Waals surface area contributed by atoms with Crippen LogP contribution in [0.25, 0.3) is 0 Å². The van der Waals surface area contributed by atoms with Crippen molar-refractivity contribution in [3.8, 4) is 0 Å². The number of carbonyl (C=O) groups excluding carboxylic acids is 1. The van der Waals surface area contributed by atoms with Gasteiger partial charge in [0.25, 0.3) is 0 Å². The van der Waals surface area contributed by atoms with Crippen molar-refractivity contribution >= 4 is 11.9 Å². The second kappa shape index (κ2) is 8.70. The van der Waals surface area contributed by atoms with Crippen molar-refractivity contribution in [2.45, 2.75) is 25.1 Å². The second-order valence-electron chi connectivity index (χ2n) is 3.70. The maximum Gasteiger partial charge on any atom is 0.411 e. The van der Waals surface area contributed by atoms with E-state index >= 15 is 0 Å². The highest BCUT2D eigenvalue weighted by molar-refractivity contribution is 5.84. The number of carboxylic acids is 1. The molecule has 0 spiro atoms. The number of carboxylic acid groups (broad SMARTS) is 1. The van der Waals surface area contributed by atoms with Crippen molar-refractivity contribution in [2.75, 3.05) is 26.9 Å². The average molecular weight is 287 g/mol. The van der Waals surface area contributed by atoms with Crippen LogP contribution in [0.15, 0.2) is 0 Å². The minimum atomic E-state index is -4.52. The smallest absolute Gasteiger partial charge is 0.411 e. The molecule has 0 aromatic rings. The first-order chi connectivity index (χ1) is 8.76. The van der Waals surface area contributed by atoms with Crippen LogP contribution in [-0.2, 0) is 19.1 Å². The minimum Gasteiger partial charge on any atom is -0.480 e. The lowest BCUT2D eigenvalue weighted by atomic mass is 10.1. The van der Waals surface area contributed by atoms with Crippen LogP contribution in [0.5, 0.6) is 0 Å². The number of amides is 1. The second-order valence-corrected chi connectivity index (χ2v) is 3.70. The molecule has 1 atom stereocenters. The summed E-state index contributed by atoms with van der Waals surface area (Å²) >= 11 is 0. The van der Waals surface area contributed by atoms with Gasteiger partial charge in [-0.05, 0) is 12.8 Å². The largest absolute Gasteiger partial charge is 0.480 e. The molecule has 1 unspecified atom stereocenters. The molecule has 112 valence electrons. The molecule has 1 amide bonds. The monoisotopic (exact) mass is 287 g/mol. The van der Waals surface area contributed by atoms with E-state index in [0.717, 1.165) is 0 Å². The topological polar surface area (TPSA) is 84.9 Å². The number of hydrogen-bond acceptors (Lipinski definition) is 4. The van der Waals surface area contributed by atoms with Crippen molar-refractivity contribution in [1.29, 1.82) is 0 Å². The molecule has 0 aliphatic rings. The lowest BCUT2D eigenvalue weighted by Crippen LogP contribution is -2.42. The zero-order valence-corrected chi connectivity index (χ0v) is 10.3. The first-order valence-electron chi connectivity index (χ1n) is 5.42. The van der Waals surface area contributed by atoms with Crippen LogP contribution in [0.2, 0.25) is 0 Å². The van der Waals surface area contributed by atoms with Gasteiger partial charge >= 0.3 is 12.1 Å². The molecule has 0 fully saturated rings. The Hall–Kier alpha value is -1.35. The van der Waals surface area contributed by atoms with E-state index in [-0.39, 0.29) is 6.42 Å². The maximum atomic E-state index is 11.7. The Balaban J connectivity index is 4.00. The van der Waals surface area contributed by atoms with Gasteiger partial charge in [0, 0.05) is 13.7 Å². The summed E-state index contributed by atoms with van der Waals surface area (Å²) in [5, 5.41) is 10.9. The van der Waals surface area contributed by atoms with E-state index in [1.807, 2.05) is 0 Å². The normalized spacial score (nSPS) is 13.1. The van der Waals surface area contributed by atoms with E-state index in [9.17, 15) is 22.8 Å². The van der Waals surface area contributed by atoms with Crippen LogP contribution in [0.4, 0.5) is 13.2 Å². The summed E-state index contributed by atoms with van der Waals surface area (Å²) in [4.78, 5) is 22.0. The summed E-state index contributed by atoms with van der Waals surface area (Å²) in [6.07, 6.45) is -4.00. The van der Waals surface area contributed by atoms with Crippen LogP contribution in [-0.4, -0.2) is 56.1 Å². The van der Waals surface area contributed by atoms with E-state index in [1.54, 1.807) is 0 Å². The van der Waals surface area contributed by atoms with Gasteiger partial charge in [0.15, 0.2) is 0 Å². The molecule has 2 N–H and O–H groups in total. The van der Waals surface area contributed by atoms with Crippen molar-refractivity contribution in [3.63, 3.8) is 0 Å². The van der Waals surface area contributed by atoms with Crippen LogP contribution in [0.3, 0.4) is 0 Å². The van der Waals surface area contributed by atoms with Crippen molar-refractivity contribution < 1.29 is 37.3 Å². The lowest BCUT2D eigenvalue weighted by Gasteiger charge is -2.14. The third-order valence-electron chi connectivity index (χ3n) is 1.97. The first-order valence-corrected chi connectivity index (χ1v) is 5.42. The number of alkyl halides is 3. The summed E-state index contributed by atoms with van der Waals surface area (Å²) in [5.74, 6) is -2.17. The van der Waals surface area contributed by atoms with E-state index in [4.69, 9.17) is 9.84 Å². The van der Waals surface area contributed by atoms with Gasteiger partial charge in [-0.2, -0.15) is 13.2 Å². The van der Waals surface area contributed by atoms with Gasteiger partial charge in [-0.3, -0.25) is 4.79 Å². The fraction of sp³-hybridized carbons (Fsp3) is 0.800. The van der Waals surface area contributed by atoms with Gasteiger partial charge < -0.3 is 19.9 Å². The van der Waals surface area contributed by atoms with E-state index in [2.05, 4.69) is 10.1 Å². The third-order valence-corrected chi connectivity index (χ3v) is 1.97. The molecule has 19 heavy (non-hydrogen) atoms. The van der Waals surface area contributed by atoms with Gasteiger partial charge in [-0.25, -0.2) is 4.79 Å². The highest BCUT2D eigenvalue weighted by Gasteiger charge is 2.28. The highest BCUT2D eigenvalue weighted by atomic mass is 19.4. The Morgan fingerprint density at radius 3 is 2.47 bits per heavy atom. The zero-order valence-electron chi connectivity index (χ0n) is 10.3. The molecule has 0 aliphatic heterocycles. The Morgan fingerprint density at radius 1 is 1.37 bits per heavy atom. The molecule has 0 aromatic heterocycles. The third kappa shape index (κ3) is 10.3. The van der Waals surface area contributed by atoms with Crippen LogP contribution < -0.4 is 5.32 Å². The quantitative estimate of drug-likeness (QED) is 0.605. The summed E-state index contributed by atoms with van der Waals surface area (Å²) in [6.45, 7) is -2.07. The Kier molecular flexibility index (Phi) is 8.08. The van der Waals surface area contributed by atoms with Crippen molar-refractivity contribution in [2.24, 2.45) is 0 Å². The summed E-state index contributed by atoms with van der Waals surface area (Å²) in [6, 6.07) is -1.17. The molecule has 0 saturated heterocycles. The Labute approximate surface area is 107 Å². The molecule has 6 nitrogen and oxygen atoms in total. The number of hydrogen-bond donors (Lipinski definition) is 2. The maximum absolute atomic E-state index is 11.7. The summed E-state index contributed by atoms with van der Waals surface area (Å²) in [5.41, 5.74) is 0. The van der Waals surface area contributed by atoms with Crippen LogP contribution >= 0.6 is 0 Å². The number of aliphatic carboxylic acids is 1. The first kappa shape index (κ1) is 17.6. The average Bonchev–Trinajstić information content (AvgIpc) is 2.26. The number of rotatable bonds is 9. The SMILES string of the molecule is COCCCC(NC(=O)COCC(F)(F)F)C(=O)O. The predicted octanol–water partition coefficient (Wildman–Crippen LogP) is 0.561. The number of nitrogens with one attached hydrogen (secondary N) is 1. The molecule has 0 radical (unpaired) electrons. The summed E-state index contributed by atoms with van der Waals surface area (Å²) in [7, 11) is 1.44. The Morgan fingerprint density at radius 2 is 2.00 bits per heavy atom. The molecule has 0 aromatic carbocycles. The molecular weight excluding hydrogens is 271 g/mol. The minimum absolute atomic E-state index is 0.119. The fourth-order valence-corrected chi connectivity index (χ4v) is 1.18. The van der Waals surface area contributed by atoms with Gasteiger partial charge in [0.05, 0.1) is 0 Å². The fourth-order valence-electron chi connectivity index (χ4n) is 1.18. The molecule has 9 heteroatoms.